The van der Waals surface area contributed by atoms with Crippen molar-refractivity contribution in [3.8, 4) is 5.75 Å². The second-order valence-electron chi connectivity index (χ2n) is 9.31. The van der Waals surface area contributed by atoms with Gasteiger partial charge in [0.25, 0.3) is 11.8 Å². The molecule has 0 saturated heterocycles. The summed E-state index contributed by atoms with van der Waals surface area (Å²) in [6.45, 7) is 2.72. The van der Waals surface area contributed by atoms with E-state index in [4.69, 9.17) is 9.84 Å². The maximum absolute atomic E-state index is 12.4. The summed E-state index contributed by atoms with van der Waals surface area (Å²) in [6, 6.07) is 12.8. The average Bonchev–Trinajstić information content (AvgIpc) is 3.67. The van der Waals surface area contributed by atoms with E-state index < -0.39 is 5.97 Å². The first-order valence-corrected chi connectivity index (χ1v) is 12.1. The molecule has 4 rings (SSSR count). The van der Waals surface area contributed by atoms with E-state index in [0.29, 0.717) is 48.7 Å². The number of carbonyl (C=O) groups is 3. The molecule has 0 spiro atoms. The number of carbonyl (C=O) groups excluding carboxylic acids is 2. The topological polar surface area (TPSA) is 105 Å². The zero-order chi connectivity index (χ0) is 24.1. The lowest BCUT2D eigenvalue weighted by molar-refractivity contribution is -0.143. The number of aliphatic carboxylic acids is 1. The van der Waals surface area contributed by atoms with Crippen LogP contribution in [-0.2, 0) is 4.79 Å². The van der Waals surface area contributed by atoms with Crippen molar-refractivity contribution < 1.29 is 24.2 Å². The number of nitrogens with one attached hydrogen (secondary N) is 2. The molecule has 180 valence electrons. The average molecular weight is 465 g/mol. The second kappa shape index (κ2) is 10.7. The fraction of sp³-hybridized carbons (Fsp3) is 0.444. The first-order chi connectivity index (χ1) is 16.4. The summed E-state index contributed by atoms with van der Waals surface area (Å²) in [5.41, 5.74) is 3.65. The van der Waals surface area contributed by atoms with Crippen LogP contribution < -0.4 is 15.4 Å². The van der Waals surface area contributed by atoms with Gasteiger partial charge in [-0.25, -0.2) is 0 Å². The number of hydrogen-bond donors (Lipinski definition) is 3. The minimum absolute atomic E-state index is 0.00702. The van der Waals surface area contributed by atoms with Crippen molar-refractivity contribution in [3.63, 3.8) is 0 Å². The van der Waals surface area contributed by atoms with E-state index in [-0.39, 0.29) is 23.8 Å². The molecule has 2 aliphatic carbocycles. The van der Waals surface area contributed by atoms with Gasteiger partial charge in [0.15, 0.2) is 0 Å². The van der Waals surface area contributed by atoms with Gasteiger partial charge in [0.05, 0.1) is 12.0 Å². The Morgan fingerprint density at radius 3 is 2.00 bits per heavy atom. The van der Waals surface area contributed by atoms with Crippen LogP contribution in [0.1, 0.15) is 76.3 Å². The van der Waals surface area contributed by atoms with Crippen LogP contribution in [0.3, 0.4) is 0 Å². The van der Waals surface area contributed by atoms with Gasteiger partial charge in [0, 0.05) is 24.2 Å². The lowest BCUT2D eigenvalue weighted by Crippen LogP contribution is -2.34. The first-order valence-electron chi connectivity index (χ1n) is 12.1. The largest absolute Gasteiger partial charge is 0.490 e. The molecule has 0 heterocycles. The summed E-state index contributed by atoms with van der Waals surface area (Å²) in [7, 11) is 0. The summed E-state index contributed by atoms with van der Waals surface area (Å²) in [4.78, 5) is 35.8. The number of amides is 2. The summed E-state index contributed by atoms with van der Waals surface area (Å²) in [5.74, 6) is -0.0259. The fourth-order valence-electron chi connectivity index (χ4n) is 4.53. The van der Waals surface area contributed by atoms with Crippen molar-refractivity contribution in [2.24, 2.45) is 5.92 Å². The van der Waals surface area contributed by atoms with Crippen LogP contribution in [0.25, 0.3) is 0 Å². The van der Waals surface area contributed by atoms with Gasteiger partial charge < -0.3 is 20.5 Å². The highest BCUT2D eigenvalue weighted by Crippen LogP contribution is 2.41. The minimum Gasteiger partial charge on any atom is -0.490 e. The number of benzene rings is 2. The lowest BCUT2D eigenvalue weighted by Gasteiger charge is -2.26. The molecule has 3 N–H and O–H groups in total. The Labute approximate surface area is 199 Å². The number of carboxylic acid groups (broad SMARTS) is 1. The van der Waals surface area contributed by atoms with E-state index in [1.807, 2.05) is 19.1 Å². The molecular weight excluding hydrogens is 432 g/mol. The first kappa shape index (κ1) is 23.8. The van der Waals surface area contributed by atoms with Crippen LogP contribution in [0, 0.1) is 12.8 Å². The van der Waals surface area contributed by atoms with E-state index >= 15 is 0 Å². The number of ether oxygens (including phenoxy) is 1. The second-order valence-corrected chi connectivity index (χ2v) is 9.31. The van der Waals surface area contributed by atoms with Crippen LogP contribution in [0.4, 0.5) is 0 Å². The van der Waals surface area contributed by atoms with Gasteiger partial charge in [-0.1, -0.05) is 6.07 Å². The SMILES string of the molecule is Cc1cc(C(=O)NCCNC(=O)c2ccc(O[C@H]3CC[C@@H](C(=O)O)CC3)cc2)ccc1C1CC1. The third kappa shape index (κ3) is 6.16. The zero-order valence-corrected chi connectivity index (χ0v) is 19.5. The van der Waals surface area contributed by atoms with Gasteiger partial charge in [-0.15, -0.1) is 0 Å². The van der Waals surface area contributed by atoms with E-state index in [0.717, 1.165) is 18.4 Å². The molecule has 2 fully saturated rings. The maximum Gasteiger partial charge on any atom is 0.306 e. The molecule has 7 nitrogen and oxygen atoms in total. The molecule has 0 atom stereocenters. The number of aryl methyl sites for hydroxylation is 1. The smallest absolute Gasteiger partial charge is 0.306 e. The lowest BCUT2D eigenvalue weighted by atomic mass is 9.87. The van der Waals surface area contributed by atoms with E-state index in [2.05, 4.69) is 16.7 Å². The summed E-state index contributed by atoms with van der Waals surface area (Å²) >= 11 is 0. The monoisotopic (exact) mass is 464 g/mol. The van der Waals surface area contributed by atoms with E-state index in [1.54, 1.807) is 24.3 Å². The Hall–Kier alpha value is -3.35. The van der Waals surface area contributed by atoms with Gasteiger partial charge in [-0.05, 0) is 98.9 Å². The molecule has 0 radical (unpaired) electrons. The highest BCUT2D eigenvalue weighted by Gasteiger charge is 2.27. The van der Waals surface area contributed by atoms with Crippen molar-refractivity contribution in [1.82, 2.24) is 10.6 Å². The summed E-state index contributed by atoms with van der Waals surface area (Å²) < 4.78 is 5.95. The van der Waals surface area contributed by atoms with Crippen LogP contribution in [-0.4, -0.2) is 42.1 Å². The molecule has 2 aromatic carbocycles. The standard InChI is InChI=1S/C27H32N2O5/c1-17-16-21(8-13-24(17)18-2-3-18)26(31)29-15-14-28-25(30)19-4-9-22(10-5-19)34-23-11-6-20(7-12-23)27(32)33/h4-5,8-10,13,16,18,20,23H,2-3,6-7,11-12,14-15H2,1H3,(H,28,30)(H,29,31)(H,32,33)/t20-,23+. The molecule has 2 saturated carbocycles. The van der Waals surface area contributed by atoms with Crippen molar-refractivity contribution in [2.45, 2.75) is 57.5 Å². The predicted octanol–water partition coefficient (Wildman–Crippen LogP) is 4.05. The molecule has 0 unspecified atom stereocenters. The molecule has 2 aromatic rings. The maximum atomic E-state index is 12.4. The Morgan fingerprint density at radius 2 is 1.44 bits per heavy atom. The van der Waals surface area contributed by atoms with Crippen molar-refractivity contribution in [1.29, 1.82) is 0 Å². The molecule has 7 heteroatoms. The predicted molar refractivity (Wildman–Crippen MR) is 128 cm³/mol. The van der Waals surface area contributed by atoms with Gasteiger partial charge in [-0.2, -0.15) is 0 Å². The number of rotatable bonds is 9. The molecule has 0 aromatic heterocycles. The number of hydrogen-bond acceptors (Lipinski definition) is 4. The third-order valence-electron chi connectivity index (χ3n) is 6.69. The van der Waals surface area contributed by atoms with E-state index in [9.17, 15) is 14.4 Å². The third-order valence-corrected chi connectivity index (χ3v) is 6.69. The highest BCUT2D eigenvalue weighted by atomic mass is 16.5. The molecule has 2 amide bonds. The van der Waals surface area contributed by atoms with Crippen molar-refractivity contribution in [2.75, 3.05) is 13.1 Å². The number of carboxylic acids is 1. The quantitative estimate of drug-likeness (QED) is 0.486. The van der Waals surface area contributed by atoms with Gasteiger partial charge >= 0.3 is 5.97 Å². The molecule has 0 aliphatic heterocycles. The fourth-order valence-corrected chi connectivity index (χ4v) is 4.53. The zero-order valence-electron chi connectivity index (χ0n) is 19.5. The minimum atomic E-state index is -0.731. The van der Waals surface area contributed by atoms with Crippen LogP contribution in [0.15, 0.2) is 42.5 Å². The highest BCUT2D eigenvalue weighted by molar-refractivity contribution is 5.95. The van der Waals surface area contributed by atoms with Crippen LogP contribution in [0.2, 0.25) is 0 Å². The Kier molecular flexibility index (Phi) is 7.50. The summed E-state index contributed by atoms with van der Waals surface area (Å²) in [6.07, 6.45) is 5.16. The molecule has 0 bridgehead atoms. The van der Waals surface area contributed by atoms with Crippen molar-refractivity contribution >= 4 is 17.8 Å². The summed E-state index contributed by atoms with van der Waals surface area (Å²) in [5, 5.41) is 14.8. The molecular formula is C27H32N2O5. The van der Waals surface area contributed by atoms with Crippen LogP contribution in [0.5, 0.6) is 5.75 Å². The van der Waals surface area contributed by atoms with Gasteiger partial charge in [0.2, 0.25) is 0 Å². The molecule has 2 aliphatic rings. The van der Waals surface area contributed by atoms with Gasteiger partial charge in [-0.3, -0.25) is 14.4 Å². The van der Waals surface area contributed by atoms with Gasteiger partial charge in [0.1, 0.15) is 5.75 Å². The Morgan fingerprint density at radius 1 is 0.853 bits per heavy atom. The molecule has 34 heavy (non-hydrogen) atoms. The Bertz CT molecular complexity index is 1040. The van der Waals surface area contributed by atoms with E-state index in [1.165, 1.54) is 18.4 Å². The Balaban J connectivity index is 1.17. The van der Waals surface area contributed by atoms with Crippen LogP contribution >= 0.6 is 0 Å². The normalized spacial score (nSPS) is 19.8. The van der Waals surface area contributed by atoms with Crippen molar-refractivity contribution in [3.05, 3.63) is 64.7 Å².